The lowest BCUT2D eigenvalue weighted by molar-refractivity contribution is -0.139. The lowest BCUT2D eigenvalue weighted by atomic mass is 10.1. The van der Waals surface area contributed by atoms with E-state index >= 15 is 0 Å². The van der Waals surface area contributed by atoms with Crippen LogP contribution in [0, 0.1) is 0 Å². The molecule has 2 aromatic carbocycles. The largest absolute Gasteiger partial charge is 0.389 e. The van der Waals surface area contributed by atoms with Gasteiger partial charge in [0.15, 0.2) is 0 Å². The molecule has 38 heavy (non-hydrogen) atoms. The molecule has 9 nitrogen and oxygen atoms in total. The maximum absolute atomic E-state index is 14.4. The Kier molecular flexibility index (Phi) is 7.32. The normalized spacial score (nSPS) is 17.9. The number of halogens is 1. The van der Waals surface area contributed by atoms with Crippen LogP contribution < -0.4 is 10.6 Å². The van der Waals surface area contributed by atoms with E-state index in [9.17, 15) is 19.1 Å². The number of aliphatic hydroxyl groups is 1. The molecule has 10 heteroatoms. The summed E-state index contributed by atoms with van der Waals surface area (Å²) in [5, 5.41) is 17.2. The van der Waals surface area contributed by atoms with E-state index in [1.165, 1.54) is 11.2 Å². The van der Waals surface area contributed by atoms with Crippen LogP contribution in [-0.2, 0) is 22.7 Å². The molecule has 0 spiro atoms. The van der Waals surface area contributed by atoms with Crippen molar-refractivity contribution in [1.29, 1.82) is 0 Å². The molecule has 1 aliphatic rings. The standard InChI is InChI=1S/C28H29FN6O3/c1-18(36)24-15-34(25-8-7-21(10-23(24)25)33-22-12-30-17-31-13-22)16-27(37)35-14-20(29)9-26(35)28(38)32-11-19-5-3-2-4-6-19/h2-8,10,12-13,15,17-18,20,26,33,36H,9,11,14,16H2,1H3,(H,32,38)/t18?,20-,26+/m1/s1. The summed E-state index contributed by atoms with van der Waals surface area (Å²) in [4.78, 5) is 35.6. The molecule has 0 radical (unpaired) electrons. The zero-order chi connectivity index (χ0) is 26.6. The summed E-state index contributed by atoms with van der Waals surface area (Å²) in [5.74, 6) is -0.729. The molecule has 0 aliphatic carbocycles. The highest BCUT2D eigenvalue weighted by Gasteiger charge is 2.39. The summed E-state index contributed by atoms with van der Waals surface area (Å²) >= 11 is 0. The summed E-state index contributed by atoms with van der Waals surface area (Å²) in [6.07, 6.45) is 4.40. The summed E-state index contributed by atoms with van der Waals surface area (Å²) in [6, 6.07) is 14.1. The van der Waals surface area contributed by atoms with Gasteiger partial charge in [-0.15, -0.1) is 0 Å². The number of hydrogen-bond donors (Lipinski definition) is 3. The average molecular weight is 517 g/mol. The van der Waals surface area contributed by atoms with E-state index in [0.717, 1.165) is 22.2 Å². The van der Waals surface area contributed by atoms with Crippen LogP contribution in [0.15, 0.2) is 73.4 Å². The fourth-order valence-electron chi connectivity index (χ4n) is 4.84. The molecule has 2 amide bonds. The van der Waals surface area contributed by atoms with Gasteiger partial charge in [-0.05, 0) is 30.7 Å². The van der Waals surface area contributed by atoms with Gasteiger partial charge in [-0.1, -0.05) is 30.3 Å². The first-order chi connectivity index (χ1) is 18.4. The highest BCUT2D eigenvalue weighted by atomic mass is 19.1. The highest BCUT2D eigenvalue weighted by Crippen LogP contribution is 2.31. The summed E-state index contributed by atoms with van der Waals surface area (Å²) in [6.45, 7) is 1.75. The summed E-state index contributed by atoms with van der Waals surface area (Å²) < 4.78 is 16.1. The Morgan fingerprint density at radius 3 is 2.63 bits per heavy atom. The van der Waals surface area contributed by atoms with Crippen LogP contribution in [0.3, 0.4) is 0 Å². The third-order valence-corrected chi connectivity index (χ3v) is 6.70. The molecule has 1 saturated heterocycles. The van der Waals surface area contributed by atoms with Crippen molar-refractivity contribution in [1.82, 2.24) is 24.8 Å². The first-order valence-electron chi connectivity index (χ1n) is 12.5. The number of aromatic nitrogens is 3. The van der Waals surface area contributed by atoms with E-state index < -0.39 is 18.3 Å². The molecule has 0 bridgehead atoms. The van der Waals surface area contributed by atoms with E-state index in [1.54, 1.807) is 30.1 Å². The van der Waals surface area contributed by atoms with Gasteiger partial charge in [0.1, 0.15) is 25.1 Å². The number of benzene rings is 2. The topological polar surface area (TPSA) is 112 Å². The Hall–Kier alpha value is -4.31. The number of nitrogens with one attached hydrogen (secondary N) is 2. The Morgan fingerprint density at radius 2 is 1.89 bits per heavy atom. The summed E-state index contributed by atoms with van der Waals surface area (Å²) in [7, 11) is 0. The van der Waals surface area contributed by atoms with Crippen LogP contribution in [0.4, 0.5) is 15.8 Å². The number of anilines is 2. The van der Waals surface area contributed by atoms with E-state index in [0.29, 0.717) is 17.8 Å². The highest BCUT2D eigenvalue weighted by molar-refractivity contribution is 5.91. The van der Waals surface area contributed by atoms with E-state index in [1.807, 2.05) is 48.5 Å². The number of hydrogen-bond acceptors (Lipinski definition) is 6. The predicted molar refractivity (Wildman–Crippen MR) is 141 cm³/mol. The van der Waals surface area contributed by atoms with Gasteiger partial charge in [0.2, 0.25) is 11.8 Å². The van der Waals surface area contributed by atoms with Crippen molar-refractivity contribution in [3.8, 4) is 0 Å². The van der Waals surface area contributed by atoms with Gasteiger partial charge in [0.25, 0.3) is 0 Å². The first-order valence-corrected chi connectivity index (χ1v) is 12.5. The minimum atomic E-state index is -1.27. The number of amides is 2. The van der Waals surface area contributed by atoms with E-state index in [2.05, 4.69) is 20.6 Å². The van der Waals surface area contributed by atoms with Gasteiger partial charge in [-0.25, -0.2) is 14.4 Å². The molecule has 4 aromatic rings. The molecule has 2 aromatic heterocycles. The first kappa shape index (κ1) is 25.3. The SMILES string of the molecule is CC(O)c1cn(CC(=O)N2C[C@H](F)C[C@H]2C(=O)NCc2ccccc2)c2ccc(Nc3cncnc3)cc12. The number of carbonyl (C=O) groups is 2. The minimum absolute atomic E-state index is 0.0318. The monoisotopic (exact) mass is 516 g/mol. The number of carbonyl (C=O) groups excluding carboxylic acids is 2. The second-order valence-corrected chi connectivity index (χ2v) is 9.47. The molecule has 5 rings (SSSR count). The number of aliphatic hydroxyl groups excluding tert-OH is 1. The van der Waals surface area contributed by atoms with Crippen molar-refractivity contribution in [3.05, 3.63) is 84.6 Å². The average Bonchev–Trinajstić information content (AvgIpc) is 3.49. The Balaban J connectivity index is 1.34. The third kappa shape index (κ3) is 5.50. The molecule has 1 aliphatic heterocycles. The van der Waals surface area contributed by atoms with Crippen LogP contribution in [-0.4, -0.2) is 55.1 Å². The maximum Gasteiger partial charge on any atom is 0.243 e. The quantitative estimate of drug-likeness (QED) is 0.331. The van der Waals surface area contributed by atoms with Crippen LogP contribution in [0.2, 0.25) is 0 Å². The second kappa shape index (κ2) is 11.0. The molecule has 3 N–H and O–H groups in total. The smallest absolute Gasteiger partial charge is 0.243 e. The number of likely N-dealkylation sites (tertiary alicyclic amines) is 1. The van der Waals surface area contributed by atoms with Crippen molar-refractivity contribution in [3.63, 3.8) is 0 Å². The molecule has 3 atom stereocenters. The number of alkyl halides is 1. The Morgan fingerprint density at radius 1 is 1.13 bits per heavy atom. The van der Waals surface area contributed by atoms with Crippen molar-refractivity contribution < 1.29 is 19.1 Å². The van der Waals surface area contributed by atoms with Crippen LogP contribution in [0.25, 0.3) is 10.9 Å². The van der Waals surface area contributed by atoms with Gasteiger partial charge < -0.3 is 25.2 Å². The van der Waals surface area contributed by atoms with Crippen molar-refractivity contribution in [2.45, 2.75) is 44.8 Å². The molecule has 1 unspecified atom stereocenters. The third-order valence-electron chi connectivity index (χ3n) is 6.70. The van der Waals surface area contributed by atoms with Crippen molar-refractivity contribution in [2.24, 2.45) is 0 Å². The molecular weight excluding hydrogens is 487 g/mol. The number of nitrogens with zero attached hydrogens (tertiary/aromatic N) is 4. The lowest BCUT2D eigenvalue weighted by Gasteiger charge is -2.24. The lowest BCUT2D eigenvalue weighted by Crippen LogP contribution is -2.46. The Labute approximate surface area is 219 Å². The molecular formula is C28H29FN6O3. The van der Waals surface area contributed by atoms with Crippen LogP contribution in [0.5, 0.6) is 0 Å². The van der Waals surface area contributed by atoms with Gasteiger partial charge in [0, 0.05) is 41.3 Å². The second-order valence-electron chi connectivity index (χ2n) is 9.47. The van der Waals surface area contributed by atoms with E-state index in [-0.39, 0.29) is 31.3 Å². The molecule has 1 fully saturated rings. The molecule has 0 saturated carbocycles. The van der Waals surface area contributed by atoms with Gasteiger partial charge >= 0.3 is 0 Å². The zero-order valence-corrected chi connectivity index (χ0v) is 20.9. The number of rotatable bonds is 8. The fraction of sp³-hybridized carbons (Fsp3) is 0.286. The fourth-order valence-corrected chi connectivity index (χ4v) is 4.84. The molecule has 196 valence electrons. The van der Waals surface area contributed by atoms with Crippen molar-refractivity contribution >= 4 is 34.1 Å². The maximum atomic E-state index is 14.4. The van der Waals surface area contributed by atoms with Gasteiger partial charge in [-0.2, -0.15) is 0 Å². The van der Waals surface area contributed by atoms with Crippen molar-refractivity contribution in [2.75, 3.05) is 11.9 Å². The van der Waals surface area contributed by atoms with Crippen LogP contribution >= 0.6 is 0 Å². The number of fused-ring (bicyclic) bond motifs is 1. The van der Waals surface area contributed by atoms with Gasteiger partial charge in [-0.3, -0.25) is 9.59 Å². The van der Waals surface area contributed by atoms with Gasteiger partial charge in [0.05, 0.1) is 30.7 Å². The summed E-state index contributed by atoms with van der Waals surface area (Å²) in [5.41, 5.74) is 3.80. The zero-order valence-electron chi connectivity index (χ0n) is 20.9. The molecule has 3 heterocycles. The predicted octanol–water partition coefficient (Wildman–Crippen LogP) is 3.48. The Bertz CT molecular complexity index is 1430. The van der Waals surface area contributed by atoms with E-state index in [4.69, 9.17) is 0 Å². The van der Waals surface area contributed by atoms with Crippen LogP contribution in [0.1, 0.15) is 30.6 Å². The minimum Gasteiger partial charge on any atom is -0.389 e.